The number of phosphoric ester groups is 1. The minimum atomic E-state index is -5.34. The molecule has 7 nitrogen and oxygen atoms in total. The third-order valence-electron chi connectivity index (χ3n) is 7.00. The summed E-state index contributed by atoms with van der Waals surface area (Å²) in [5.41, 5.74) is 3.07. The first-order valence-electron chi connectivity index (χ1n) is 10.2. The molecule has 2 aliphatic rings. The van der Waals surface area contributed by atoms with Crippen LogP contribution in [0.15, 0.2) is 23.3 Å². The summed E-state index contributed by atoms with van der Waals surface area (Å²) in [6.45, 7) is 11.1. The fourth-order valence-corrected chi connectivity index (χ4v) is 7.09. The van der Waals surface area contributed by atoms with Crippen LogP contribution in [0, 0.1) is 22.7 Å². The molecule has 0 aliphatic heterocycles. The van der Waals surface area contributed by atoms with E-state index in [1.54, 1.807) is 6.08 Å². The summed E-state index contributed by atoms with van der Waals surface area (Å²) in [6.07, 6.45) is 10.8. The van der Waals surface area contributed by atoms with E-state index in [-0.39, 0.29) is 12.0 Å². The monoisotopic (exact) mass is 449 g/mol. The zero-order valence-electron chi connectivity index (χ0n) is 18.1. The molecule has 0 aromatic carbocycles. The van der Waals surface area contributed by atoms with Crippen LogP contribution >= 0.6 is 15.6 Å². The van der Waals surface area contributed by atoms with Gasteiger partial charge in [-0.05, 0) is 68.6 Å². The third kappa shape index (κ3) is 6.61. The minimum absolute atomic E-state index is 0.272. The largest absolute Gasteiger partial charge is 0.756 e. The van der Waals surface area contributed by atoms with Gasteiger partial charge in [0.25, 0.3) is 7.82 Å². The molecule has 0 spiro atoms. The van der Waals surface area contributed by atoms with E-state index in [4.69, 9.17) is 4.89 Å². The molecule has 0 radical (unpaired) electrons. The highest BCUT2D eigenvalue weighted by molar-refractivity contribution is 7.60. The Balaban J connectivity index is 1.98. The SMILES string of the molecule is CC1=CC[C@H]2C(C)(C)CCC[C@]2(C)[C@H]1CC/C(C)=C/COP(=O)(O)OP(=O)([O-])O. The lowest BCUT2D eigenvalue weighted by molar-refractivity contribution is -0.212. The first-order chi connectivity index (χ1) is 13.2. The van der Waals surface area contributed by atoms with Gasteiger partial charge in [0.2, 0.25) is 0 Å². The normalized spacial score (nSPS) is 33.9. The molecule has 0 aromatic rings. The summed E-state index contributed by atoms with van der Waals surface area (Å²) in [5, 5.41) is 0. The molecule has 29 heavy (non-hydrogen) atoms. The minimum Gasteiger partial charge on any atom is -0.756 e. The highest BCUT2D eigenvalue weighted by atomic mass is 31.3. The van der Waals surface area contributed by atoms with E-state index in [9.17, 15) is 18.9 Å². The van der Waals surface area contributed by atoms with Crippen LogP contribution < -0.4 is 4.89 Å². The van der Waals surface area contributed by atoms with Crippen molar-refractivity contribution in [1.29, 1.82) is 0 Å². The van der Waals surface area contributed by atoms with Gasteiger partial charge in [-0.1, -0.05) is 50.5 Å². The molecule has 1 fully saturated rings. The van der Waals surface area contributed by atoms with Crippen molar-refractivity contribution < 1.29 is 32.6 Å². The van der Waals surface area contributed by atoms with Crippen LogP contribution in [0.2, 0.25) is 0 Å². The van der Waals surface area contributed by atoms with Crippen LogP contribution in [0.3, 0.4) is 0 Å². The van der Waals surface area contributed by atoms with E-state index in [0.717, 1.165) is 24.8 Å². The maximum Gasteiger partial charge on any atom is 0.479 e. The Kier molecular flexibility index (Phi) is 7.83. The van der Waals surface area contributed by atoms with Gasteiger partial charge in [0.15, 0.2) is 0 Å². The van der Waals surface area contributed by atoms with Gasteiger partial charge >= 0.3 is 7.82 Å². The van der Waals surface area contributed by atoms with E-state index in [2.05, 4.69) is 42.6 Å². The highest BCUT2D eigenvalue weighted by Gasteiger charge is 2.51. The van der Waals surface area contributed by atoms with Crippen molar-refractivity contribution in [1.82, 2.24) is 0 Å². The Bertz CT molecular complexity index is 752. The van der Waals surface area contributed by atoms with Gasteiger partial charge in [-0.25, -0.2) is 8.88 Å². The molecule has 9 heteroatoms. The van der Waals surface area contributed by atoms with Crippen molar-refractivity contribution in [3.05, 3.63) is 23.3 Å². The second-order valence-corrected chi connectivity index (χ2v) is 12.3. The Labute approximate surface area is 174 Å². The number of fused-ring (bicyclic) bond motifs is 1. The summed E-state index contributed by atoms with van der Waals surface area (Å²) in [6, 6.07) is 0. The number of rotatable bonds is 8. The van der Waals surface area contributed by atoms with Gasteiger partial charge in [-0.15, -0.1) is 0 Å². The molecular weight excluding hydrogens is 414 g/mol. The van der Waals surface area contributed by atoms with Gasteiger partial charge in [0.1, 0.15) is 0 Å². The second-order valence-electron chi connectivity index (χ2n) is 9.54. The van der Waals surface area contributed by atoms with Crippen molar-refractivity contribution in [3.63, 3.8) is 0 Å². The predicted molar refractivity (Wildman–Crippen MR) is 111 cm³/mol. The van der Waals surface area contributed by atoms with Gasteiger partial charge < -0.3 is 14.7 Å². The molecule has 168 valence electrons. The summed E-state index contributed by atoms with van der Waals surface area (Å²) in [7, 11) is -10.2. The average Bonchev–Trinajstić information content (AvgIpc) is 2.50. The topological polar surface area (TPSA) is 116 Å². The fraction of sp³-hybridized carbons (Fsp3) is 0.800. The van der Waals surface area contributed by atoms with Crippen LogP contribution in [-0.4, -0.2) is 16.4 Å². The molecule has 5 atom stereocenters. The van der Waals surface area contributed by atoms with Crippen molar-refractivity contribution >= 4 is 15.6 Å². The molecule has 0 aromatic heterocycles. The third-order valence-corrected chi connectivity index (χ3v) is 9.13. The summed E-state index contributed by atoms with van der Waals surface area (Å²) in [4.78, 5) is 28.4. The summed E-state index contributed by atoms with van der Waals surface area (Å²) in [5.74, 6) is 1.17. The van der Waals surface area contributed by atoms with Crippen LogP contribution in [0.5, 0.6) is 0 Å². The number of hydrogen-bond donors (Lipinski definition) is 2. The number of hydrogen-bond acceptors (Lipinski definition) is 5. The van der Waals surface area contributed by atoms with Gasteiger partial charge in [-0.2, -0.15) is 0 Å². The van der Waals surface area contributed by atoms with E-state index in [1.165, 1.54) is 24.8 Å². The molecule has 2 aliphatic carbocycles. The maximum absolute atomic E-state index is 11.5. The van der Waals surface area contributed by atoms with Gasteiger partial charge in [0.05, 0.1) is 6.61 Å². The Morgan fingerprint density at radius 2 is 1.97 bits per heavy atom. The highest BCUT2D eigenvalue weighted by Crippen LogP contribution is 2.60. The molecule has 0 heterocycles. The Morgan fingerprint density at radius 3 is 2.59 bits per heavy atom. The van der Waals surface area contributed by atoms with E-state index >= 15 is 0 Å². The zero-order chi connectivity index (χ0) is 22.1. The lowest BCUT2D eigenvalue weighted by Crippen LogP contribution is -2.48. The lowest BCUT2D eigenvalue weighted by atomic mass is 9.48. The quantitative estimate of drug-likeness (QED) is 0.391. The lowest BCUT2D eigenvalue weighted by Gasteiger charge is -2.57. The molecule has 2 N–H and O–H groups in total. The van der Waals surface area contributed by atoms with Crippen LogP contribution in [-0.2, 0) is 18.0 Å². The summed E-state index contributed by atoms with van der Waals surface area (Å²) >= 11 is 0. The molecule has 0 amide bonds. The van der Waals surface area contributed by atoms with Gasteiger partial charge in [0, 0.05) is 0 Å². The molecular formula is C20H35O7P2-. The summed E-state index contributed by atoms with van der Waals surface area (Å²) < 4.78 is 30.3. The predicted octanol–water partition coefficient (Wildman–Crippen LogP) is 5.11. The van der Waals surface area contributed by atoms with E-state index in [1.807, 2.05) is 6.92 Å². The fourth-order valence-electron chi connectivity index (χ4n) is 5.60. The van der Waals surface area contributed by atoms with Gasteiger partial charge in [-0.3, -0.25) is 9.09 Å². The maximum atomic E-state index is 11.5. The molecule has 0 bridgehead atoms. The van der Waals surface area contributed by atoms with Crippen LogP contribution in [0.25, 0.3) is 0 Å². The first kappa shape index (κ1) is 25.0. The van der Waals surface area contributed by atoms with Crippen LogP contribution in [0.4, 0.5) is 0 Å². The van der Waals surface area contributed by atoms with Crippen LogP contribution in [0.1, 0.15) is 73.1 Å². The first-order valence-corrected chi connectivity index (χ1v) is 13.2. The van der Waals surface area contributed by atoms with Crippen molar-refractivity contribution in [2.24, 2.45) is 22.7 Å². The second kappa shape index (κ2) is 9.08. The molecule has 2 rings (SSSR count). The van der Waals surface area contributed by atoms with Crippen molar-refractivity contribution in [2.75, 3.05) is 6.61 Å². The average molecular weight is 449 g/mol. The van der Waals surface area contributed by atoms with E-state index in [0.29, 0.717) is 17.3 Å². The van der Waals surface area contributed by atoms with E-state index < -0.39 is 15.6 Å². The van der Waals surface area contributed by atoms with Crippen molar-refractivity contribution in [2.45, 2.75) is 73.1 Å². The smallest absolute Gasteiger partial charge is 0.479 e. The zero-order valence-corrected chi connectivity index (χ0v) is 19.9. The standard InChI is InChI=1S/C20H36O7P2/c1-15(11-14-26-29(24,25)27-28(21,22)23)7-9-17-16(2)8-10-18-19(3,4)12-6-13-20(17,18)5/h8,11,17-18H,6-7,9-10,12-14H2,1-5H3,(H,24,25)(H2,21,22,23)/p-1/b15-11+/t17-,18-,20+/m0/s1. The number of phosphoric acid groups is 2. The van der Waals surface area contributed by atoms with Crippen molar-refractivity contribution in [3.8, 4) is 0 Å². The Hall–Kier alpha value is -0.260. The molecule has 0 saturated heterocycles. The number of allylic oxidation sites excluding steroid dienone is 3. The molecule has 2 unspecified atom stereocenters. The molecule has 1 saturated carbocycles. The Morgan fingerprint density at radius 1 is 1.31 bits per heavy atom.